The van der Waals surface area contributed by atoms with Gasteiger partial charge in [0.1, 0.15) is 11.5 Å². The maximum atomic E-state index is 9.13. The van der Waals surface area contributed by atoms with Gasteiger partial charge in [0.05, 0.1) is 0 Å². The first-order valence-electron chi connectivity index (χ1n) is 9.48. The van der Waals surface area contributed by atoms with E-state index in [-0.39, 0.29) is 0 Å². The van der Waals surface area contributed by atoms with E-state index in [1.165, 1.54) is 0 Å². The van der Waals surface area contributed by atoms with Crippen LogP contribution in [0.1, 0.15) is 0 Å². The quantitative estimate of drug-likeness (QED) is 0.244. The Hall–Kier alpha value is -4.18. The molecule has 0 aliphatic heterocycles. The number of rotatable bonds is 0. The fraction of sp³-hybridized carbons (Fsp3) is 0. The van der Waals surface area contributed by atoms with Gasteiger partial charge in [-0.25, -0.2) is 0 Å². The fourth-order valence-electron chi connectivity index (χ4n) is 2.85. The van der Waals surface area contributed by atoms with Gasteiger partial charge in [-0.15, -0.1) is 0 Å². The SMILES string of the molecule is Nc1ccc(N)cc1.Oc1ccc2ccccc2c1.Oc1ccc2ccccc2c1. The number of aromatic hydroxyl groups is 2. The van der Waals surface area contributed by atoms with E-state index in [4.69, 9.17) is 21.7 Å². The summed E-state index contributed by atoms with van der Waals surface area (Å²) in [6, 6.07) is 33.7. The van der Waals surface area contributed by atoms with Crippen molar-refractivity contribution in [3.8, 4) is 11.5 Å². The summed E-state index contributed by atoms with van der Waals surface area (Å²) in [5, 5.41) is 22.7. The molecule has 0 aliphatic rings. The van der Waals surface area contributed by atoms with Crippen molar-refractivity contribution in [1.82, 2.24) is 0 Å². The Kier molecular flexibility index (Phi) is 6.74. The lowest BCUT2D eigenvalue weighted by atomic mass is 10.1. The molecule has 150 valence electrons. The van der Waals surface area contributed by atoms with Crippen LogP contribution in [0.2, 0.25) is 0 Å². The molecule has 0 amide bonds. The molecular weight excluding hydrogens is 372 g/mol. The average Bonchev–Trinajstić information content (AvgIpc) is 2.76. The number of hydrogen-bond acceptors (Lipinski definition) is 4. The second-order valence-electron chi connectivity index (χ2n) is 6.73. The molecule has 0 fully saturated rings. The molecule has 0 aromatic heterocycles. The van der Waals surface area contributed by atoms with Crippen molar-refractivity contribution in [2.24, 2.45) is 0 Å². The van der Waals surface area contributed by atoms with Crippen molar-refractivity contribution in [3.63, 3.8) is 0 Å². The second-order valence-corrected chi connectivity index (χ2v) is 6.73. The van der Waals surface area contributed by atoms with Gasteiger partial charge in [0.2, 0.25) is 0 Å². The van der Waals surface area contributed by atoms with Crippen molar-refractivity contribution < 1.29 is 10.2 Å². The molecule has 4 nitrogen and oxygen atoms in total. The molecule has 0 unspecified atom stereocenters. The summed E-state index contributed by atoms with van der Waals surface area (Å²) in [6.07, 6.45) is 0. The topological polar surface area (TPSA) is 92.5 Å². The zero-order chi connectivity index (χ0) is 21.3. The molecule has 5 aromatic rings. The zero-order valence-corrected chi connectivity index (χ0v) is 16.4. The summed E-state index contributed by atoms with van der Waals surface area (Å²) in [7, 11) is 0. The number of nitrogen functional groups attached to an aromatic ring is 2. The van der Waals surface area contributed by atoms with Crippen LogP contribution in [0.5, 0.6) is 11.5 Å². The number of phenols is 2. The highest BCUT2D eigenvalue weighted by atomic mass is 16.3. The molecule has 6 N–H and O–H groups in total. The summed E-state index contributed by atoms with van der Waals surface area (Å²) in [4.78, 5) is 0. The molecule has 0 radical (unpaired) electrons. The lowest BCUT2D eigenvalue weighted by Crippen LogP contribution is -1.86. The maximum absolute atomic E-state index is 9.13. The van der Waals surface area contributed by atoms with Gasteiger partial charge >= 0.3 is 0 Å². The Balaban J connectivity index is 0.000000130. The summed E-state index contributed by atoms with van der Waals surface area (Å²) >= 11 is 0. The summed E-state index contributed by atoms with van der Waals surface area (Å²) in [6.45, 7) is 0. The van der Waals surface area contributed by atoms with E-state index in [2.05, 4.69) is 0 Å². The molecule has 0 saturated heterocycles. The first-order valence-corrected chi connectivity index (χ1v) is 9.48. The molecule has 0 saturated carbocycles. The van der Waals surface area contributed by atoms with Crippen LogP contribution >= 0.6 is 0 Å². The second kappa shape index (κ2) is 9.85. The van der Waals surface area contributed by atoms with E-state index in [9.17, 15) is 0 Å². The van der Waals surface area contributed by atoms with Gasteiger partial charge < -0.3 is 21.7 Å². The number of nitrogens with two attached hydrogens (primary N) is 2. The van der Waals surface area contributed by atoms with Crippen molar-refractivity contribution >= 4 is 32.9 Å². The minimum Gasteiger partial charge on any atom is -0.508 e. The van der Waals surface area contributed by atoms with Crippen LogP contribution in [0.15, 0.2) is 109 Å². The predicted octanol–water partition coefficient (Wildman–Crippen LogP) is 5.94. The molecule has 0 aliphatic carbocycles. The van der Waals surface area contributed by atoms with Crippen LogP contribution in [0.25, 0.3) is 21.5 Å². The van der Waals surface area contributed by atoms with Gasteiger partial charge in [-0.3, -0.25) is 0 Å². The monoisotopic (exact) mass is 396 g/mol. The van der Waals surface area contributed by atoms with Gasteiger partial charge in [-0.1, -0.05) is 60.7 Å². The molecule has 0 spiro atoms. The summed E-state index contributed by atoms with van der Waals surface area (Å²) in [5.74, 6) is 0.646. The van der Waals surface area contributed by atoms with Crippen molar-refractivity contribution in [1.29, 1.82) is 0 Å². The Labute approximate surface area is 175 Å². The minimum absolute atomic E-state index is 0.323. The highest BCUT2D eigenvalue weighted by Crippen LogP contribution is 2.19. The molecule has 0 heterocycles. The standard InChI is InChI=1S/2C10H8O.C6H8N2/c2*11-10-6-5-8-3-1-2-4-9(8)7-10;7-5-1-2-6(8)4-3-5/h2*1-7,11H;1-4H,7-8H2. The van der Waals surface area contributed by atoms with Gasteiger partial charge in [0, 0.05) is 11.4 Å². The average molecular weight is 396 g/mol. The Morgan fingerprint density at radius 3 is 1.10 bits per heavy atom. The zero-order valence-electron chi connectivity index (χ0n) is 16.4. The smallest absolute Gasteiger partial charge is 0.116 e. The van der Waals surface area contributed by atoms with E-state index in [0.29, 0.717) is 11.5 Å². The predicted molar refractivity (Wildman–Crippen MR) is 126 cm³/mol. The highest BCUT2D eigenvalue weighted by molar-refractivity contribution is 5.84. The number of hydrogen-bond donors (Lipinski definition) is 4. The first kappa shape index (κ1) is 20.6. The molecule has 0 bridgehead atoms. The Bertz CT molecular complexity index is 1140. The van der Waals surface area contributed by atoms with Gasteiger partial charge in [0.25, 0.3) is 0 Å². The third-order valence-electron chi connectivity index (χ3n) is 4.40. The normalized spacial score (nSPS) is 9.87. The van der Waals surface area contributed by atoms with E-state index < -0.39 is 0 Å². The lowest BCUT2D eigenvalue weighted by Gasteiger charge is -1.96. The molecule has 0 atom stereocenters. The number of benzene rings is 5. The lowest BCUT2D eigenvalue weighted by molar-refractivity contribution is 0.475. The third kappa shape index (κ3) is 5.91. The van der Waals surface area contributed by atoms with Crippen LogP contribution in [-0.2, 0) is 0 Å². The Morgan fingerprint density at radius 1 is 0.400 bits per heavy atom. The van der Waals surface area contributed by atoms with Crippen LogP contribution in [0, 0.1) is 0 Å². The van der Waals surface area contributed by atoms with Crippen LogP contribution < -0.4 is 11.5 Å². The molecule has 4 heteroatoms. The van der Waals surface area contributed by atoms with E-state index in [0.717, 1.165) is 32.9 Å². The van der Waals surface area contributed by atoms with Crippen LogP contribution in [0.4, 0.5) is 11.4 Å². The van der Waals surface area contributed by atoms with Gasteiger partial charge in [-0.05, 0) is 70.1 Å². The molecule has 5 rings (SSSR count). The van der Waals surface area contributed by atoms with Crippen molar-refractivity contribution in [3.05, 3.63) is 109 Å². The molecular formula is C26H24N2O2. The molecule has 30 heavy (non-hydrogen) atoms. The third-order valence-corrected chi connectivity index (χ3v) is 4.40. The van der Waals surface area contributed by atoms with Gasteiger partial charge in [-0.2, -0.15) is 0 Å². The number of anilines is 2. The van der Waals surface area contributed by atoms with Crippen LogP contribution in [-0.4, -0.2) is 10.2 Å². The molecule has 5 aromatic carbocycles. The fourth-order valence-corrected chi connectivity index (χ4v) is 2.85. The highest BCUT2D eigenvalue weighted by Gasteiger charge is 1.92. The summed E-state index contributed by atoms with van der Waals surface area (Å²) in [5.41, 5.74) is 12.2. The number of fused-ring (bicyclic) bond motifs is 2. The van der Waals surface area contributed by atoms with Crippen LogP contribution in [0.3, 0.4) is 0 Å². The van der Waals surface area contributed by atoms with E-state index >= 15 is 0 Å². The maximum Gasteiger partial charge on any atom is 0.116 e. The van der Waals surface area contributed by atoms with Crippen molar-refractivity contribution in [2.45, 2.75) is 0 Å². The van der Waals surface area contributed by atoms with Gasteiger partial charge in [0.15, 0.2) is 0 Å². The minimum atomic E-state index is 0.323. The van der Waals surface area contributed by atoms with E-state index in [1.807, 2.05) is 60.7 Å². The van der Waals surface area contributed by atoms with Crippen molar-refractivity contribution in [2.75, 3.05) is 11.5 Å². The summed E-state index contributed by atoms with van der Waals surface area (Å²) < 4.78 is 0. The Morgan fingerprint density at radius 2 is 0.733 bits per heavy atom. The largest absolute Gasteiger partial charge is 0.508 e. The van der Waals surface area contributed by atoms with E-state index in [1.54, 1.807) is 48.5 Å². The number of phenolic OH excluding ortho intramolecular Hbond substituents is 2. The first-order chi connectivity index (χ1) is 14.5.